The van der Waals surface area contributed by atoms with Crippen LogP contribution >= 0.6 is 11.8 Å². The molecular weight excluding hydrogens is 438 g/mol. The zero-order valence-electron chi connectivity index (χ0n) is 19.7. The van der Waals surface area contributed by atoms with Crippen molar-refractivity contribution in [3.8, 4) is 0 Å². The first-order valence-electron chi connectivity index (χ1n) is 11.0. The van der Waals surface area contributed by atoms with Crippen LogP contribution in [0.4, 0.5) is 0 Å². The van der Waals surface area contributed by atoms with E-state index >= 15 is 0 Å². The Balaban J connectivity index is 4.71. The number of thioether (sulfide) groups is 1. The molecule has 0 aliphatic carbocycles. The first kappa shape index (κ1) is 30.1. The third-order valence-corrected chi connectivity index (χ3v) is 5.76. The average Bonchev–Trinajstić information content (AvgIpc) is 2.75. The van der Waals surface area contributed by atoms with Gasteiger partial charge in [0.1, 0.15) is 12.1 Å². The van der Waals surface area contributed by atoms with Crippen molar-refractivity contribution in [1.82, 2.24) is 10.6 Å². The van der Waals surface area contributed by atoms with Crippen LogP contribution in [0.5, 0.6) is 0 Å². The van der Waals surface area contributed by atoms with Crippen LogP contribution in [0.2, 0.25) is 0 Å². The zero-order chi connectivity index (χ0) is 24.7. The molecule has 5 N–H and O–H groups in total. The molecule has 0 saturated heterocycles. The highest BCUT2D eigenvalue weighted by Crippen LogP contribution is 2.14. The fraction of sp³-hybridized carbons (Fsp3) is 0.810. The first-order chi connectivity index (χ1) is 15.1. The molecule has 186 valence electrons. The van der Waals surface area contributed by atoms with Gasteiger partial charge in [0.2, 0.25) is 11.8 Å². The van der Waals surface area contributed by atoms with E-state index < -0.39 is 36.6 Å². The summed E-state index contributed by atoms with van der Waals surface area (Å²) in [6.45, 7) is 8.81. The minimum Gasteiger partial charge on any atom is -0.465 e. The molecule has 0 saturated carbocycles. The lowest BCUT2D eigenvalue weighted by Gasteiger charge is -2.21. The van der Waals surface area contributed by atoms with Crippen molar-refractivity contribution in [2.45, 2.75) is 65.6 Å². The van der Waals surface area contributed by atoms with E-state index in [2.05, 4.69) is 10.6 Å². The van der Waals surface area contributed by atoms with Gasteiger partial charge < -0.3 is 30.9 Å². The maximum absolute atomic E-state index is 12.2. The Labute approximate surface area is 194 Å². The standard InChI is InChI=1S/C21H39N3O7S/c1-6-14(5)21(29)31-15(8-9-30-20(28)13(3)4)11-32-12-16(22)18(26)24-17(10-25)19(27)23-7-2/h13-17,25H,6-12,22H2,1-5H3,(H,23,27)(H,24,26). The molecule has 0 spiro atoms. The number of amides is 2. The summed E-state index contributed by atoms with van der Waals surface area (Å²) in [5.41, 5.74) is 5.90. The van der Waals surface area contributed by atoms with Crippen LogP contribution in [-0.2, 0) is 28.7 Å². The van der Waals surface area contributed by atoms with Crippen molar-refractivity contribution >= 4 is 35.5 Å². The topological polar surface area (TPSA) is 157 Å². The van der Waals surface area contributed by atoms with Gasteiger partial charge in [-0.2, -0.15) is 11.8 Å². The van der Waals surface area contributed by atoms with Gasteiger partial charge in [-0.15, -0.1) is 0 Å². The fourth-order valence-corrected chi connectivity index (χ4v) is 3.29. The van der Waals surface area contributed by atoms with Gasteiger partial charge in [-0.25, -0.2) is 0 Å². The van der Waals surface area contributed by atoms with E-state index in [0.29, 0.717) is 25.1 Å². The van der Waals surface area contributed by atoms with E-state index in [4.69, 9.17) is 15.2 Å². The molecule has 4 atom stereocenters. The summed E-state index contributed by atoms with van der Waals surface area (Å²) < 4.78 is 10.7. The minimum atomic E-state index is -1.07. The van der Waals surface area contributed by atoms with E-state index in [-0.39, 0.29) is 36.1 Å². The van der Waals surface area contributed by atoms with Crippen molar-refractivity contribution in [3.63, 3.8) is 0 Å². The number of ether oxygens (including phenoxy) is 2. The highest BCUT2D eigenvalue weighted by Gasteiger charge is 2.24. The lowest BCUT2D eigenvalue weighted by Crippen LogP contribution is -2.53. The number of carbonyl (C=O) groups is 4. The number of hydrogen-bond acceptors (Lipinski definition) is 9. The molecule has 0 aromatic rings. The summed E-state index contributed by atoms with van der Waals surface area (Å²) in [6.07, 6.45) is 0.472. The number of nitrogens with one attached hydrogen (secondary N) is 2. The highest BCUT2D eigenvalue weighted by molar-refractivity contribution is 7.99. The van der Waals surface area contributed by atoms with Gasteiger partial charge in [0.25, 0.3) is 0 Å². The molecular formula is C21H39N3O7S. The Morgan fingerprint density at radius 1 is 1.03 bits per heavy atom. The second-order valence-corrected chi connectivity index (χ2v) is 8.84. The van der Waals surface area contributed by atoms with E-state index in [1.807, 2.05) is 6.92 Å². The normalized spacial score (nSPS) is 14.8. The lowest BCUT2D eigenvalue weighted by atomic mass is 10.1. The molecule has 0 bridgehead atoms. The molecule has 2 amide bonds. The van der Waals surface area contributed by atoms with Crippen LogP contribution in [0.1, 0.15) is 47.5 Å². The van der Waals surface area contributed by atoms with Crippen LogP contribution in [0.15, 0.2) is 0 Å². The summed E-state index contributed by atoms with van der Waals surface area (Å²) in [6, 6.07) is -1.99. The summed E-state index contributed by atoms with van der Waals surface area (Å²) in [7, 11) is 0. The maximum atomic E-state index is 12.2. The average molecular weight is 478 g/mol. The molecule has 0 fully saturated rings. The van der Waals surface area contributed by atoms with Crippen molar-refractivity contribution < 1.29 is 33.8 Å². The molecule has 0 aromatic heterocycles. The molecule has 0 radical (unpaired) electrons. The van der Waals surface area contributed by atoms with Gasteiger partial charge in [-0.3, -0.25) is 19.2 Å². The quantitative estimate of drug-likeness (QED) is 0.228. The van der Waals surface area contributed by atoms with Gasteiger partial charge in [0, 0.05) is 24.5 Å². The van der Waals surface area contributed by atoms with Crippen molar-refractivity contribution in [2.75, 3.05) is 31.3 Å². The zero-order valence-corrected chi connectivity index (χ0v) is 20.5. The number of esters is 2. The van der Waals surface area contributed by atoms with Gasteiger partial charge in [0.05, 0.1) is 31.1 Å². The number of carbonyl (C=O) groups excluding carboxylic acids is 4. The van der Waals surface area contributed by atoms with E-state index in [1.54, 1.807) is 27.7 Å². The number of hydrogen-bond donors (Lipinski definition) is 4. The largest absolute Gasteiger partial charge is 0.465 e. The molecule has 10 nitrogen and oxygen atoms in total. The summed E-state index contributed by atoms with van der Waals surface area (Å²) in [5, 5.41) is 14.2. The van der Waals surface area contributed by atoms with Crippen LogP contribution < -0.4 is 16.4 Å². The second-order valence-electron chi connectivity index (χ2n) is 7.76. The van der Waals surface area contributed by atoms with Gasteiger partial charge >= 0.3 is 11.9 Å². The van der Waals surface area contributed by atoms with Gasteiger partial charge in [0.15, 0.2) is 0 Å². The monoisotopic (exact) mass is 477 g/mol. The van der Waals surface area contributed by atoms with Crippen LogP contribution in [-0.4, -0.2) is 78.3 Å². The Hall–Kier alpha value is -1.85. The molecule has 11 heteroatoms. The predicted molar refractivity (Wildman–Crippen MR) is 123 cm³/mol. The molecule has 32 heavy (non-hydrogen) atoms. The fourth-order valence-electron chi connectivity index (χ4n) is 2.25. The third kappa shape index (κ3) is 12.3. The lowest BCUT2D eigenvalue weighted by molar-refractivity contribution is -0.154. The SMILES string of the molecule is CCNC(=O)C(CO)NC(=O)C(N)CSCC(CCOC(=O)C(C)C)OC(=O)C(C)CC. The maximum Gasteiger partial charge on any atom is 0.308 e. The van der Waals surface area contributed by atoms with E-state index in [0.717, 1.165) is 0 Å². The Morgan fingerprint density at radius 3 is 2.22 bits per heavy atom. The molecule has 0 aliphatic heterocycles. The number of nitrogens with two attached hydrogens (primary N) is 1. The van der Waals surface area contributed by atoms with Crippen molar-refractivity contribution in [1.29, 1.82) is 0 Å². The number of likely N-dealkylation sites (N-methyl/N-ethyl adjacent to an activating group) is 1. The molecule has 0 aromatic carbocycles. The van der Waals surface area contributed by atoms with Gasteiger partial charge in [-0.1, -0.05) is 27.7 Å². The van der Waals surface area contributed by atoms with E-state index in [9.17, 15) is 24.3 Å². The highest BCUT2D eigenvalue weighted by atomic mass is 32.2. The van der Waals surface area contributed by atoms with Crippen molar-refractivity contribution in [2.24, 2.45) is 17.6 Å². The van der Waals surface area contributed by atoms with Crippen LogP contribution in [0.3, 0.4) is 0 Å². The molecule has 0 aliphatic rings. The van der Waals surface area contributed by atoms with E-state index in [1.165, 1.54) is 11.8 Å². The predicted octanol–water partition coefficient (Wildman–Crippen LogP) is 0.207. The van der Waals surface area contributed by atoms with Crippen LogP contribution in [0.25, 0.3) is 0 Å². The smallest absolute Gasteiger partial charge is 0.308 e. The van der Waals surface area contributed by atoms with Crippen LogP contribution in [0, 0.1) is 11.8 Å². The number of aliphatic hydroxyl groups is 1. The Bertz CT molecular complexity index is 604. The third-order valence-electron chi connectivity index (χ3n) is 4.56. The number of rotatable bonds is 16. The van der Waals surface area contributed by atoms with Crippen molar-refractivity contribution in [3.05, 3.63) is 0 Å². The second kappa shape index (κ2) is 16.7. The Kier molecular flexibility index (Phi) is 15.8. The molecule has 4 unspecified atom stereocenters. The summed E-state index contributed by atoms with van der Waals surface area (Å²) in [5.74, 6) is -1.64. The summed E-state index contributed by atoms with van der Waals surface area (Å²) in [4.78, 5) is 47.8. The number of aliphatic hydroxyl groups excluding tert-OH is 1. The molecule has 0 heterocycles. The molecule has 0 rings (SSSR count). The van der Waals surface area contributed by atoms with Gasteiger partial charge in [-0.05, 0) is 13.3 Å². The first-order valence-corrected chi connectivity index (χ1v) is 12.1. The summed E-state index contributed by atoms with van der Waals surface area (Å²) >= 11 is 1.31. The Morgan fingerprint density at radius 2 is 1.69 bits per heavy atom. The minimum absolute atomic E-state index is 0.118.